The lowest BCUT2D eigenvalue weighted by atomic mass is 9.89. The third-order valence-electron chi connectivity index (χ3n) is 4.31. The molecule has 0 aromatic heterocycles. The number of aromatic hydroxyl groups is 1. The van der Waals surface area contributed by atoms with E-state index in [9.17, 15) is 9.90 Å². The van der Waals surface area contributed by atoms with Gasteiger partial charge >= 0.3 is 0 Å². The zero-order valence-electron chi connectivity index (χ0n) is 12.5. The summed E-state index contributed by atoms with van der Waals surface area (Å²) in [4.78, 5) is 14.5. The van der Waals surface area contributed by atoms with Crippen LogP contribution >= 0.6 is 27.5 Å². The van der Waals surface area contributed by atoms with E-state index < -0.39 is 0 Å². The highest BCUT2D eigenvalue weighted by atomic mass is 79.9. The van der Waals surface area contributed by atoms with Crippen LogP contribution in [0.25, 0.3) is 0 Å². The molecule has 1 aliphatic heterocycles. The molecule has 2 aromatic rings. The van der Waals surface area contributed by atoms with E-state index >= 15 is 0 Å². The lowest BCUT2D eigenvalue weighted by Crippen LogP contribution is -2.38. The third-order valence-corrected chi connectivity index (χ3v) is 5.13. The molecule has 0 bridgehead atoms. The van der Waals surface area contributed by atoms with Gasteiger partial charge in [-0.3, -0.25) is 4.79 Å². The molecule has 0 unspecified atom stereocenters. The Bertz CT molecular complexity index is 709. The van der Waals surface area contributed by atoms with Crippen molar-refractivity contribution in [2.75, 3.05) is 13.1 Å². The lowest BCUT2D eigenvalue weighted by molar-refractivity contribution is 0.0713. The van der Waals surface area contributed by atoms with Crippen LogP contribution in [0.1, 0.15) is 34.7 Å². The molecule has 1 saturated heterocycles. The van der Waals surface area contributed by atoms with Crippen molar-refractivity contribution in [1.29, 1.82) is 0 Å². The summed E-state index contributed by atoms with van der Waals surface area (Å²) in [5.41, 5.74) is 1.76. The molecule has 0 radical (unpaired) electrons. The quantitative estimate of drug-likeness (QED) is 0.792. The van der Waals surface area contributed by atoms with Gasteiger partial charge in [0.25, 0.3) is 5.91 Å². The van der Waals surface area contributed by atoms with Crippen molar-refractivity contribution >= 4 is 33.4 Å². The van der Waals surface area contributed by atoms with E-state index in [1.165, 1.54) is 5.56 Å². The minimum Gasteiger partial charge on any atom is -0.508 e. The van der Waals surface area contributed by atoms with E-state index in [0.29, 0.717) is 29.6 Å². The molecule has 120 valence electrons. The molecule has 3 rings (SSSR count). The predicted molar refractivity (Wildman–Crippen MR) is 95.1 cm³/mol. The van der Waals surface area contributed by atoms with Gasteiger partial charge < -0.3 is 10.0 Å². The third kappa shape index (κ3) is 3.70. The van der Waals surface area contributed by atoms with Crippen molar-refractivity contribution in [3.63, 3.8) is 0 Å². The molecule has 23 heavy (non-hydrogen) atoms. The number of benzene rings is 2. The van der Waals surface area contributed by atoms with E-state index in [-0.39, 0.29) is 11.7 Å². The summed E-state index contributed by atoms with van der Waals surface area (Å²) in [6.45, 7) is 1.43. The van der Waals surface area contributed by atoms with Crippen LogP contribution in [0.5, 0.6) is 5.75 Å². The molecule has 3 nitrogen and oxygen atoms in total. The summed E-state index contributed by atoms with van der Waals surface area (Å²) >= 11 is 9.54. The summed E-state index contributed by atoms with van der Waals surface area (Å²) in [6.07, 6.45) is 1.84. The van der Waals surface area contributed by atoms with Crippen LogP contribution < -0.4 is 0 Å². The lowest BCUT2D eigenvalue weighted by Gasteiger charge is -2.32. The van der Waals surface area contributed by atoms with E-state index in [1.807, 2.05) is 23.1 Å². The van der Waals surface area contributed by atoms with Gasteiger partial charge in [0.05, 0.1) is 10.6 Å². The molecule has 5 heteroatoms. The number of likely N-dealkylation sites (tertiary alicyclic amines) is 1. The van der Waals surface area contributed by atoms with Crippen LogP contribution in [0.3, 0.4) is 0 Å². The molecular weight excluding hydrogens is 378 g/mol. The van der Waals surface area contributed by atoms with Gasteiger partial charge in [-0.05, 0) is 54.7 Å². The minimum atomic E-state index is -0.0135. The first-order valence-corrected chi connectivity index (χ1v) is 8.75. The number of carbonyl (C=O) groups is 1. The fourth-order valence-electron chi connectivity index (χ4n) is 2.99. The Labute approximate surface area is 149 Å². The number of piperidine rings is 1. The summed E-state index contributed by atoms with van der Waals surface area (Å²) in [5, 5.41) is 9.86. The van der Waals surface area contributed by atoms with Crippen LogP contribution in [0.4, 0.5) is 0 Å². The van der Waals surface area contributed by atoms with Gasteiger partial charge in [-0.25, -0.2) is 0 Å². The van der Waals surface area contributed by atoms with Crippen molar-refractivity contribution in [3.8, 4) is 5.75 Å². The highest BCUT2D eigenvalue weighted by molar-refractivity contribution is 9.10. The Balaban J connectivity index is 1.67. The predicted octanol–water partition coefficient (Wildman–Crippen LogP) is 4.83. The van der Waals surface area contributed by atoms with Crippen LogP contribution in [0.2, 0.25) is 5.02 Å². The molecule has 1 amide bonds. The minimum absolute atomic E-state index is 0.0135. The van der Waals surface area contributed by atoms with E-state index in [2.05, 4.69) is 15.9 Å². The first-order valence-electron chi connectivity index (χ1n) is 7.58. The number of phenols is 1. The number of hydrogen-bond acceptors (Lipinski definition) is 2. The molecule has 0 atom stereocenters. The Morgan fingerprint density at radius 2 is 1.78 bits per heavy atom. The fraction of sp³-hybridized carbons (Fsp3) is 0.278. The van der Waals surface area contributed by atoms with Crippen LogP contribution in [-0.2, 0) is 0 Å². The van der Waals surface area contributed by atoms with Gasteiger partial charge in [-0.1, -0.05) is 39.7 Å². The second kappa shape index (κ2) is 6.93. The van der Waals surface area contributed by atoms with Gasteiger partial charge in [0.2, 0.25) is 0 Å². The first-order chi connectivity index (χ1) is 11.0. The Hall–Kier alpha value is -1.52. The average molecular weight is 395 g/mol. The molecule has 1 heterocycles. The van der Waals surface area contributed by atoms with Gasteiger partial charge in [0.15, 0.2) is 0 Å². The van der Waals surface area contributed by atoms with Gasteiger partial charge in [0.1, 0.15) is 5.75 Å². The molecule has 1 N–H and O–H groups in total. The summed E-state index contributed by atoms with van der Waals surface area (Å²) in [7, 11) is 0. The molecule has 1 fully saturated rings. The average Bonchev–Trinajstić information content (AvgIpc) is 2.57. The molecule has 0 saturated carbocycles. The highest BCUT2D eigenvalue weighted by Crippen LogP contribution is 2.30. The smallest absolute Gasteiger partial charge is 0.255 e. The normalized spacial score (nSPS) is 15.7. The zero-order valence-corrected chi connectivity index (χ0v) is 14.8. The van der Waals surface area contributed by atoms with Gasteiger partial charge in [-0.15, -0.1) is 0 Å². The summed E-state index contributed by atoms with van der Waals surface area (Å²) in [5.74, 6) is 0.698. The van der Waals surface area contributed by atoms with Crippen molar-refractivity contribution in [2.24, 2.45) is 0 Å². The van der Waals surface area contributed by atoms with Crippen molar-refractivity contribution in [1.82, 2.24) is 4.90 Å². The topological polar surface area (TPSA) is 40.5 Å². The maximum absolute atomic E-state index is 12.6. The highest BCUT2D eigenvalue weighted by Gasteiger charge is 2.25. The van der Waals surface area contributed by atoms with Gasteiger partial charge in [0, 0.05) is 17.6 Å². The fourth-order valence-corrected chi connectivity index (χ4v) is 3.55. The van der Waals surface area contributed by atoms with Crippen LogP contribution in [-0.4, -0.2) is 29.0 Å². The number of amides is 1. The van der Waals surface area contributed by atoms with E-state index in [1.54, 1.807) is 24.3 Å². The molecule has 0 spiro atoms. The Morgan fingerprint density at radius 1 is 1.13 bits per heavy atom. The maximum Gasteiger partial charge on any atom is 0.255 e. The van der Waals surface area contributed by atoms with Gasteiger partial charge in [-0.2, -0.15) is 0 Å². The summed E-state index contributed by atoms with van der Waals surface area (Å²) < 4.78 is 0.851. The second-order valence-electron chi connectivity index (χ2n) is 5.78. The molecule has 1 aliphatic rings. The number of hydrogen-bond donors (Lipinski definition) is 1. The number of carbonyl (C=O) groups excluding carboxylic acids is 1. The molecular formula is C18H17BrClNO2. The SMILES string of the molecule is O=C(c1cc(Br)ccc1Cl)N1CCC(c2ccc(O)cc2)CC1. The second-order valence-corrected chi connectivity index (χ2v) is 7.11. The standard InChI is InChI=1S/C18H17BrClNO2/c19-14-3-6-17(20)16(11-14)18(23)21-9-7-13(8-10-21)12-1-4-15(22)5-2-12/h1-6,11,13,22H,7-10H2. The van der Waals surface area contributed by atoms with Crippen molar-refractivity contribution in [2.45, 2.75) is 18.8 Å². The monoisotopic (exact) mass is 393 g/mol. The van der Waals surface area contributed by atoms with Crippen LogP contribution in [0.15, 0.2) is 46.9 Å². The molecule has 2 aromatic carbocycles. The van der Waals surface area contributed by atoms with Crippen molar-refractivity contribution in [3.05, 3.63) is 63.1 Å². The van der Waals surface area contributed by atoms with Crippen molar-refractivity contribution < 1.29 is 9.90 Å². The summed E-state index contributed by atoms with van der Waals surface area (Å²) in [6, 6.07) is 12.7. The maximum atomic E-state index is 12.6. The van der Waals surface area contributed by atoms with E-state index in [0.717, 1.165) is 17.3 Å². The molecule has 0 aliphatic carbocycles. The van der Waals surface area contributed by atoms with E-state index in [4.69, 9.17) is 11.6 Å². The van der Waals surface area contributed by atoms with Crippen LogP contribution in [0, 0.1) is 0 Å². The number of nitrogens with zero attached hydrogens (tertiary/aromatic N) is 1. The Morgan fingerprint density at radius 3 is 2.43 bits per heavy atom. The number of phenolic OH excluding ortho intramolecular Hbond substituents is 1. The first kappa shape index (κ1) is 16.3. The number of halogens is 2. The Kier molecular flexibility index (Phi) is 4.93. The zero-order chi connectivity index (χ0) is 16.4. The largest absolute Gasteiger partial charge is 0.508 e. The number of rotatable bonds is 2.